The van der Waals surface area contributed by atoms with Gasteiger partial charge in [-0.15, -0.1) is 0 Å². The van der Waals surface area contributed by atoms with Gasteiger partial charge in [0.25, 0.3) is 5.91 Å². The van der Waals surface area contributed by atoms with Crippen LogP contribution >= 0.6 is 11.6 Å². The van der Waals surface area contributed by atoms with Gasteiger partial charge in [-0.2, -0.15) is 0 Å². The third-order valence-corrected chi connectivity index (χ3v) is 5.19. The van der Waals surface area contributed by atoms with Crippen molar-refractivity contribution in [3.8, 4) is 11.3 Å². The number of halogens is 2. The van der Waals surface area contributed by atoms with Gasteiger partial charge in [-0.25, -0.2) is 14.4 Å². The number of nitrogens with zero attached hydrogens (tertiary/aromatic N) is 3. The Bertz CT molecular complexity index is 1350. The predicted molar refractivity (Wildman–Crippen MR) is 120 cm³/mol. The van der Waals surface area contributed by atoms with Crippen molar-refractivity contribution >= 4 is 34.5 Å². The quantitative estimate of drug-likeness (QED) is 0.281. The maximum Gasteiger partial charge on any atom is 0.257 e. The van der Waals surface area contributed by atoms with E-state index in [0.717, 1.165) is 13.0 Å². The number of rotatable bonds is 5. The van der Waals surface area contributed by atoms with Crippen LogP contribution in [0.2, 0.25) is 5.15 Å². The Morgan fingerprint density at radius 1 is 1.24 bits per heavy atom. The van der Waals surface area contributed by atoms with E-state index < -0.39 is 23.6 Å². The number of carbonyl (C=O) groups is 1. The van der Waals surface area contributed by atoms with Crippen LogP contribution in [0.5, 0.6) is 0 Å². The highest BCUT2D eigenvalue weighted by molar-refractivity contribution is 6.30. The van der Waals surface area contributed by atoms with Gasteiger partial charge in [0.1, 0.15) is 28.0 Å². The molecule has 6 N–H and O–H groups in total. The maximum absolute atomic E-state index is 15.1. The van der Waals surface area contributed by atoms with Crippen LogP contribution in [0.15, 0.2) is 54.7 Å². The average molecular weight is 472 g/mol. The smallest absolute Gasteiger partial charge is 0.257 e. The van der Waals surface area contributed by atoms with Crippen LogP contribution < -0.4 is 11.1 Å². The monoisotopic (exact) mass is 471 g/mol. The van der Waals surface area contributed by atoms with Crippen molar-refractivity contribution in [3.05, 3.63) is 77.1 Å². The molecule has 9 nitrogen and oxygen atoms in total. The summed E-state index contributed by atoms with van der Waals surface area (Å²) in [6, 6.07) is 12.1. The second-order valence-corrected chi connectivity index (χ2v) is 7.84. The van der Waals surface area contributed by atoms with E-state index in [1.165, 1.54) is 22.7 Å². The number of benzene rings is 2. The molecule has 2 heterocycles. The number of nitrogens with one attached hydrogen (secondary N) is 1. The van der Waals surface area contributed by atoms with Crippen LogP contribution in [0.4, 0.5) is 15.9 Å². The van der Waals surface area contributed by atoms with Gasteiger partial charge in [0.05, 0.1) is 6.20 Å². The minimum absolute atomic E-state index is 0.0125. The molecule has 0 aliphatic carbocycles. The van der Waals surface area contributed by atoms with Gasteiger partial charge in [-0.3, -0.25) is 9.20 Å². The zero-order valence-corrected chi connectivity index (χ0v) is 18.0. The van der Waals surface area contributed by atoms with Gasteiger partial charge >= 0.3 is 0 Å². The molecule has 11 heteroatoms. The van der Waals surface area contributed by atoms with E-state index in [1.54, 1.807) is 30.3 Å². The first-order valence-electron chi connectivity index (χ1n) is 9.69. The van der Waals surface area contributed by atoms with E-state index in [0.29, 0.717) is 5.56 Å². The molecule has 0 saturated heterocycles. The van der Waals surface area contributed by atoms with Crippen LogP contribution in [-0.4, -0.2) is 35.6 Å². The fraction of sp³-hybridized carbons (Fsp3) is 0.136. The highest BCUT2D eigenvalue weighted by Crippen LogP contribution is 2.35. The summed E-state index contributed by atoms with van der Waals surface area (Å²) in [6.45, 7) is 1.07. The molecule has 0 aliphatic heterocycles. The van der Waals surface area contributed by atoms with E-state index in [2.05, 4.69) is 15.3 Å². The van der Waals surface area contributed by atoms with Gasteiger partial charge in [-0.1, -0.05) is 41.9 Å². The van der Waals surface area contributed by atoms with E-state index >= 15 is 4.39 Å². The van der Waals surface area contributed by atoms with Crippen LogP contribution in [0.3, 0.4) is 0 Å². The van der Waals surface area contributed by atoms with Crippen molar-refractivity contribution in [2.45, 2.75) is 18.8 Å². The number of hydrogen-bond acceptors (Lipinski definition) is 7. The normalized spacial score (nSPS) is 12.7. The van der Waals surface area contributed by atoms with Crippen LogP contribution in [0.1, 0.15) is 24.4 Å². The van der Waals surface area contributed by atoms with Crippen molar-refractivity contribution in [2.75, 3.05) is 11.1 Å². The summed E-state index contributed by atoms with van der Waals surface area (Å²) in [6.07, 6.45) is -0.231. The lowest BCUT2D eigenvalue weighted by atomic mass is 10.1. The molecule has 4 rings (SSSR count). The molecule has 0 bridgehead atoms. The lowest BCUT2D eigenvalue weighted by molar-refractivity contribution is -0.159. The van der Waals surface area contributed by atoms with Crippen molar-refractivity contribution < 1.29 is 24.5 Å². The summed E-state index contributed by atoms with van der Waals surface area (Å²) in [5.41, 5.74) is 6.46. The molecule has 0 saturated carbocycles. The first-order chi connectivity index (χ1) is 15.6. The summed E-state index contributed by atoms with van der Waals surface area (Å²) in [7, 11) is 0. The van der Waals surface area contributed by atoms with Crippen molar-refractivity contribution in [1.82, 2.24) is 14.4 Å². The Labute approximate surface area is 191 Å². The second-order valence-electron chi connectivity index (χ2n) is 7.45. The molecular formula is C22H19ClFN5O4. The maximum atomic E-state index is 15.1. The van der Waals surface area contributed by atoms with E-state index in [9.17, 15) is 20.1 Å². The number of hydrogen-bond donors (Lipinski definition) is 5. The molecule has 33 heavy (non-hydrogen) atoms. The van der Waals surface area contributed by atoms with Gasteiger partial charge in [0, 0.05) is 11.3 Å². The molecule has 2 aromatic heterocycles. The van der Waals surface area contributed by atoms with Crippen LogP contribution in [0, 0.1) is 5.82 Å². The fourth-order valence-electron chi connectivity index (χ4n) is 3.39. The standard InChI is InChI=1S/C22H19ClFN5O4/c1-22(32,33)21-28-16(17-19(25)26-10-15(23)29(17)21)13-8-7-12(9-14(13)24)27-20(31)18(30)11-5-3-2-4-6-11/h2-10,18,30,32-33H,1H3,(H2,25,26)(H,27,31). The van der Waals surface area contributed by atoms with Crippen LogP contribution in [0.25, 0.3) is 16.8 Å². The molecule has 170 valence electrons. The first kappa shape index (κ1) is 22.6. The van der Waals surface area contributed by atoms with E-state index in [-0.39, 0.29) is 39.3 Å². The summed E-state index contributed by atoms with van der Waals surface area (Å²) < 4.78 is 16.3. The molecule has 1 atom stereocenters. The van der Waals surface area contributed by atoms with Gasteiger partial charge < -0.3 is 26.4 Å². The van der Waals surface area contributed by atoms with Crippen molar-refractivity contribution in [3.63, 3.8) is 0 Å². The Morgan fingerprint density at radius 3 is 2.58 bits per heavy atom. The Kier molecular flexibility index (Phi) is 5.76. The van der Waals surface area contributed by atoms with Gasteiger partial charge in [-0.05, 0) is 30.7 Å². The van der Waals surface area contributed by atoms with Crippen molar-refractivity contribution in [2.24, 2.45) is 0 Å². The number of nitrogens with two attached hydrogens (primary N) is 1. The zero-order valence-electron chi connectivity index (χ0n) is 17.2. The Balaban J connectivity index is 1.72. The first-order valence-corrected chi connectivity index (χ1v) is 10.1. The number of carbonyl (C=O) groups excluding carboxylic acids is 1. The molecule has 4 aromatic rings. The molecule has 2 aromatic carbocycles. The summed E-state index contributed by atoms with van der Waals surface area (Å²) in [5, 5.41) is 32.9. The number of aliphatic hydroxyl groups excluding tert-OH is 1. The second kappa shape index (κ2) is 8.41. The lowest BCUT2D eigenvalue weighted by Crippen LogP contribution is -2.23. The average Bonchev–Trinajstić information content (AvgIpc) is 3.19. The number of anilines is 2. The molecule has 0 spiro atoms. The number of aromatic nitrogens is 3. The van der Waals surface area contributed by atoms with Gasteiger partial charge in [0.15, 0.2) is 11.9 Å². The topological polar surface area (TPSA) is 146 Å². The third-order valence-electron chi connectivity index (χ3n) is 4.92. The third kappa shape index (κ3) is 4.24. The highest BCUT2D eigenvalue weighted by Gasteiger charge is 2.30. The molecular weight excluding hydrogens is 453 g/mol. The molecule has 0 aliphatic rings. The Morgan fingerprint density at radius 2 is 1.94 bits per heavy atom. The number of aliphatic hydroxyl groups is 3. The number of amides is 1. The molecule has 0 radical (unpaired) electrons. The van der Waals surface area contributed by atoms with Crippen LogP contribution in [-0.2, 0) is 10.6 Å². The molecule has 1 unspecified atom stereocenters. The van der Waals surface area contributed by atoms with Gasteiger partial charge in [0.2, 0.25) is 5.79 Å². The van der Waals surface area contributed by atoms with E-state index in [4.69, 9.17) is 17.3 Å². The molecule has 0 fully saturated rings. The molecule has 1 amide bonds. The van der Waals surface area contributed by atoms with E-state index in [1.807, 2.05) is 0 Å². The number of fused-ring (bicyclic) bond motifs is 1. The number of imidazole rings is 1. The summed E-state index contributed by atoms with van der Waals surface area (Å²) >= 11 is 6.16. The fourth-order valence-corrected chi connectivity index (χ4v) is 3.61. The predicted octanol–water partition coefficient (Wildman–Crippen LogP) is 2.60. The largest absolute Gasteiger partial charge is 0.382 e. The lowest BCUT2D eigenvalue weighted by Gasteiger charge is -2.14. The zero-order chi connectivity index (χ0) is 23.9. The SMILES string of the molecule is CC(O)(O)c1nc(-c2ccc(NC(=O)C(O)c3ccccc3)cc2F)c2c(N)ncc(Cl)n12. The summed E-state index contributed by atoms with van der Waals surface area (Å²) in [4.78, 5) is 20.5. The number of nitrogen functional groups attached to an aromatic ring is 1. The Hall–Kier alpha value is -3.57. The minimum Gasteiger partial charge on any atom is -0.382 e. The van der Waals surface area contributed by atoms with Crippen molar-refractivity contribution in [1.29, 1.82) is 0 Å². The highest BCUT2D eigenvalue weighted by atomic mass is 35.5. The summed E-state index contributed by atoms with van der Waals surface area (Å²) in [5.74, 6) is -4.27. The minimum atomic E-state index is -2.41.